The topological polar surface area (TPSA) is 93.1 Å². The van der Waals surface area contributed by atoms with Gasteiger partial charge in [0.1, 0.15) is 12.2 Å². The van der Waals surface area contributed by atoms with Crippen LogP contribution in [0.3, 0.4) is 0 Å². The Labute approximate surface area is 146 Å². The molecular formula is C19H22O6. The molecule has 2 N–H and O–H groups in total. The number of fused-ring (bicyclic) bond motifs is 3. The van der Waals surface area contributed by atoms with Gasteiger partial charge < -0.3 is 19.7 Å². The van der Waals surface area contributed by atoms with E-state index < -0.39 is 42.8 Å². The molecule has 3 rings (SSSR count). The van der Waals surface area contributed by atoms with Crippen LogP contribution in [-0.2, 0) is 19.1 Å². The molecule has 0 bridgehead atoms. The Bertz CT molecular complexity index is 690. The lowest BCUT2D eigenvalue weighted by atomic mass is 9.81. The molecule has 134 valence electrons. The summed E-state index contributed by atoms with van der Waals surface area (Å²) in [6, 6.07) is 0. The third-order valence-corrected chi connectivity index (χ3v) is 5.51. The average Bonchev–Trinajstić information content (AvgIpc) is 2.99. The van der Waals surface area contributed by atoms with E-state index in [1.54, 1.807) is 0 Å². The molecule has 2 aliphatic carbocycles. The molecule has 1 aliphatic heterocycles. The van der Waals surface area contributed by atoms with Crippen LogP contribution in [0.15, 0.2) is 48.6 Å². The van der Waals surface area contributed by atoms with Crippen LogP contribution in [-0.4, -0.2) is 47.1 Å². The van der Waals surface area contributed by atoms with Gasteiger partial charge in [-0.05, 0) is 17.9 Å². The predicted molar refractivity (Wildman–Crippen MR) is 89.1 cm³/mol. The zero-order valence-corrected chi connectivity index (χ0v) is 13.9. The molecule has 0 spiro atoms. The van der Waals surface area contributed by atoms with Crippen LogP contribution in [0.25, 0.3) is 0 Å². The maximum absolute atomic E-state index is 12.1. The first-order valence-corrected chi connectivity index (χ1v) is 8.20. The Hall–Kier alpha value is -2.18. The van der Waals surface area contributed by atoms with Gasteiger partial charge in [-0.15, -0.1) is 0 Å². The first-order valence-electron chi connectivity index (χ1n) is 8.20. The first kappa shape index (κ1) is 17.6. The average molecular weight is 346 g/mol. The van der Waals surface area contributed by atoms with E-state index in [2.05, 4.69) is 26.3 Å². The lowest BCUT2D eigenvalue weighted by Crippen LogP contribution is -2.36. The van der Waals surface area contributed by atoms with Crippen LogP contribution in [0.5, 0.6) is 0 Å². The number of rotatable bonds is 3. The highest BCUT2D eigenvalue weighted by Crippen LogP contribution is 2.52. The summed E-state index contributed by atoms with van der Waals surface area (Å²) in [5, 5.41) is 19.2. The second kappa shape index (κ2) is 6.28. The van der Waals surface area contributed by atoms with E-state index in [1.165, 1.54) is 0 Å². The Kier molecular flexibility index (Phi) is 4.43. The number of carbonyl (C=O) groups is 2. The van der Waals surface area contributed by atoms with Crippen molar-refractivity contribution in [1.29, 1.82) is 0 Å². The summed E-state index contributed by atoms with van der Waals surface area (Å²) in [5.74, 6) is -2.18. The number of aliphatic hydroxyl groups excluding tert-OH is 2. The third kappa shape index (κ3) is 2.75. The lowest BCUT2D eigenvalue weighted by Gasteiger charge is -2.28. The largest absolute Gasteiger partial charge is 0.458 e. The number of aliphatic hydroxyl groups is 2. The summed E-state index contributed by atoms with van der Waals surface area (Å²) in [6.45, 7) is 14.8. The van der Waals surface area contributed by atoms with Gasteiger partial charge in [0.15, 0.2) is 0 Å². The van der Waals surface area contributed by atoms with Gasteiger partial charge in [0.2, 0.25) is 0 Å². The van der Waals surface area contributed by atoms with Crippen LogP contribution >= 0.6 is 0 Å². The number of esters is 2. The fourth-order valence-electron chi connectivity index (χ4n) is 4.16. The molecule has 6 atom stereocenters. The maximum Gasteiger partial charge on any atom is 0.336 e. The zero-order valence-electron chi connectivity index (χ0n) is 13.9. The zero-order chi connectivity index (χ0) is 18.5. The third-order valence-electron chi connectivity index (χ3n) is 5.51. The van der Waals surface area contributed by atoms with Crippen molar-refractivity contribution in [2.45, 2.75) is 31.2 Å². The minimum Gasteiger partial charge on any atom is -0.458 e. The molecular weight excluding hydrogens is 324 g/mol. The predicted octanol–water partition coefficient (Wildman–Crippen LogP) is 1.06. The number of ether oxygens (including phenoxy) is 2. The van der Waals surface area contributed by atoms with Gasteiger partial charge in [0.05, 0.1) is 24.2 Å². The van der Waals surface area contributed by atoms with Crippen molar-refractivity contribution in [3.05, 3.63) is 48.6 Å². The van der Waals surface area contributed by atoms with E-state index in [0.717, 1.165) is 5.57 Å². The highest BCUT2D eigenvalue weighted by molar-refractivity contribution is 5.92. The first-order chi connectivity index (χ1) is 11.8. The molecule has 0 radical (unpaired) electrons. The van der Waals surface area contributed by atoms with Gasteiger partial charge in [-0.1, -0.05) is 31.9 Å². The summed E-state index contributed by atoms with van der Waals surface area (Å²) in [6.07, 6.45) is -1.19. The molecule has 6 heteroatoms. The van der Waals surface area contributed by atoms with Crippen molar-refractivity contribution in [2.24, 2.45) is 17.8 Å². The van der Waals surface area contributed by atoms with Crippen LogP contribution in [0.4, 0.5) is 0 Å². The number of carbonyl (C=O) groups excluding carboxylic acids is 2. The van der Waals surface area contributed by atoms with Crippen LogP contribution in [0, 0.1) is 17.8 Å². The molecule has 6 nitrogen and oxygen atoms in total. The molecule has 1 heterocycles. The highest BCUT2D eigenvalue weighted by atomic mass is 16.6. The van der Waals surface area contributed by atoms with Crippen molar-refractivity contribution < 1.29 is 29.3 Å². The second-order valence-electron chi connectivity index (χ2n) is 6.95. The van der Waals surface area contributed by atoms with Crippen LogP contribution in [0.1, 0.15) is 12.8 Å². The summed E-state index contributed by atoms with van der Waals surface area (Å²) >= 11 is 0. The standard InChI is InChI=1S/C19H22O6/c1-8-5-14(24-18(22)9(2)7-20)16-11(4)19(23)25-17(16)15-10(3)13(21)6-12(8)15/h12-17,20-21H,1-7H2/t12-,13-,14+,15-,16+,17+/m0/s1. The van der Waals surface area contributed by atoms with E-state index in [0.29, 0.717) is 18.4 Å². The van der Waals surface area contributed by atoms with E-state index >= 15 is 0 Å². The molecule has 2 saturated carbocycles. The van der Waals surface area contributed by atoms with Gasteiger partial charge in [-0.3, -0.25) is 0 Å². The van der Waals surface area contributed by atoms with E-state index in [-0.39, 0.29) is 23.0 Å². The SMILES string of the molecule is C=C(CO)C(=O)O[C@@H]1CC(=C)[C@@H]2C[C@H](O)C(=C)[C@@H]2[C@H]2OC(=O)C(=C)[C@@H]21. The van der Waals surface area contributed by atoms with Crippen molar-refractivity contribution in [3.8, 4) is 0 Å². The molecule has 25 heavy (non-hydrogen) atoms. The van der Waals surface area contributed by atoms with Gasteiger partial charge in [0.25, 0.3) is 0 Å². The molecule has 0 aromatic heterocycles. The number of hydrogen-bond acceptors (Lipinski definition) is 6. The highest BCUT2D eigenvalue weighted by Gasteiger charge is 2.56. The quantitative estimate of drug-likeness (QED) is 0.451. The molecule has 0 amide bonds. The molecule has 0 aromatic carbocycles. The normalized spacial score (nSPS) is 37.2. The van der Waals surface area contributed by atoms with Crippen LogP contribution < -0.4 is 0 Å². The molecule has 3 fully saturated rings. The lowest BCUT2D eigenvalue weighted by molar-refractivity contribution is -0.148. The Balaban J connectivity index is 1.96. The van der Waals surface area contributed by atoms with E-state index in [1.807, 2.05) is 0 Å². The van der Waals surface area contributed by atoms with Gasteiger partial charge in [-0.2, -0.15) is 0 Å². The summed E-state index contributed by atoms with van der Waals surface area (Å²) in [7, 11) is 0. The Morgan fingerprint density at radius 3 is 2.60 bits per heavy atom. The molecule has 3 aliphatic rings. The second-order valence-corrected chi connectivity index (χ2v) is 6.95. The Morgan fingerprint density at radius 1 is 1.28 bits per heavy atom. The van der Waals surface area contributed by atoms with Crippen LogP contribution in [0.2, 0.25) is 0 Å². The molecule has 0 aromatic rings. The van der Waals surface area contributed by atoms with Crippen molar-refractivity contribution in [2.75, 3.05) is 6.61 Å². The minimum atomic E-state index is -0.725. The summed E-state index contributed by atoms with van der Waals surface area (Å²) in [4.78, 5) is 24.2. The van der Waals surface area contributed by atoms with Gasteiger partial charge in [0, 0.05) is 17.9 Å². The fourth-order valence-corrected chi connectivity index (χ4v) is 4.16. The summed E-state index contributed by atoms with van der Waals surface area (Å²) in [5.41, 5.74) is 1.59. The van der Waals surface area contributed by atoms with E-state index in [9.17, 15) is 14.7 Å². The van der Waals surface area contributed by atoms with Crippen molar-refractivity contribution in [1.82, 2.24) is 0 Å². The molecule has 0 unspecified atom stereocenters. The van der Waals surface area contributed by atoms with Gasteiger partial charge in [-0.25, -0.2) is 9.59 Å². The number of hydrogen-bond donors (Lipinski definition) is 2. The smallest absolute Gasteiger partial charge is 0.336 e. The van der Waals surface area contributed by atoms with Gasteiger partial charge >= 0.3 is 11.9 Å². The summed E-state index contributed by atoms with van der Waals surface area (Å²) < 4.78 is 11.0. The molecule has 1 saturated heterocycles. The fraction of sp³-hybridized carbons (Fsp3) is 0.474. The van der Waals surface area contributed by atoms with E-state index in [4.69, 9.17) is 14.6 Å². The maximum atomic E-state index is 12.1. The van der Waals surface area contributed by atoms with Crippen molar-refractivity contribution >= 4 is 11.9 Å². The minimum absolute atomic E-state index is 0.0673. The monoisotopic (exact) mass is 346 g/mol. The Morgan fingerprint density at radius 2 is 1.96 bits per heavy atom. The van der Waals surface area contributed by atoms with Crippen molar-refractivity contribution in [3.63, 3.8) is 0 Å².